The largest absolute Gasteiger partial charge is 0.368 e. The summed E-state index contributed by atoms with van der Waals surface area (Å²) in [5.41, 5.74) is 0.971. The Kier molecular flexibility index (Phi) is 7.14. The molecule has 2 amide bonds. The summed E-state index contributed by atoms with van der Waals surface area (Å²) < 4.78 is 13.1. The molecule has 6 heteroatoms. The second-order valence-electron chi connectivity index (χ2n) is 8.98. The quantitative estimate of drug-likeness (QED) is 0.819. The van der Waals surface area contributed by atoms with Gasteiger partial charge in [-0.25, -0.2) is 4.39 Å². The Labute approximate surface area is 173 Å². The number of amides is 2. The van der Waals surface area contributed by atoms with E-state index in [-0.39, 0.29) is 29.5 Å². The van der Waals surface area contributed by atoms with Crippen LogP contribution in [0.2, 0.25) is 0 Å². The minimum atomic E-state index is -0.473. The smallest absolute Gasteiger partial charge is 0.245 e. The van der Waals surface area contributed by atoms with Crippen molar-refractivity contribution in [2.45, 2.75) is 52.5 Å². The molecule has 0 spiro atoms. The zero-order chi connectivity index (χ0) is 21.0. The summed E-state index contributed by atoms with van der Waals surface area (Å²) >= 11 is 0. The molecule has 1 aliphatic carbocycles. The molecule has 5 nitrogen and oxygen atoms in total. The first-order chi connectivity index (χ1) is 13.8. The molecule has 1 atom stereocenters. The zero-order valence-electron chi connectivity index (χ0n) is 17.9. The maximum absolute atomic E-state index is 13.1. The van der Waals surface area contributed by atoms with Gasteiger partial charge in [-0.05, 0) is 61.8 Å². The van der Waals surface area contributed by atoms with E-state index in [1.54, 1.807) is 12.1 Å². The molecule has 1 aromatic rings. The maximum Gasteiger partial charge on any atom is 0.245 e. The Balaban J connectivity index is 1.55. The monoisotopic (exact) mass is 403 g/mol. The van der Waals surface area contributed by atoms with E-state index in [0.29, 0.717) is 32.1 Å². The summed E-state index contributed by atoms with van der Waals surface area (Å²) in [6, 6.07) is 6.00. The Morgan fingerprint density at radius 3 is 2.14 bits per heavy atom. The molecule has 0 unspecified atom stereocenters. The van der Waals surface area contributed by atoms with Gasteiger partial charge < -0.3 is 15.1 Å². The number of carbonyl (C=O) groups excluding carboxylic acids is 2. The molecule has 1 saturated heterocycles. The molecular weight excluding hydrogens is 369 g/mol. The van der Waals surface area contributed by atoms with Crippen molar-refractivity contribution in [3.8, 4) is 0 Å². The number of rotatable bonds is 5. The third kappa shape index (κ3) is 5.49. The van der Waals surface area contributed by atoms with Crippen molar-refractivity contribution in [3.05, 3.63) is 30.1 Å². The third-order valence-corrected chi connectivity index (χ3v) is 6.40. The van der Waals surface area contributed by atoms with Crippen LogP contribution in [0.5, 0.6) is 0 Å². The summed E-state index contributed by atoms with van der Waals surface area (Å²) in [5.74, 6) is 0.578. The highest BCUT2D eigenvalue weighted by Crippen LogP contribution is 2.28. The topological polar surface area (TPSA) is 52.7 Å². The number of nitrogens with zero attached hydrogens (tertiary/aromatic N) is 2. The van der Waals surface area contributed by atoms with E-state index >= 15 is 0 Å². The van der Waals surface area contributed by atoms with Crippen molar-refractivity contribution in [1.29, 1.82) is 0 Å². The van der Waals surface area contributed by atoms with Gasteiger partial charge in [0, 0.05) is 37.8 Å². The summed E-state index contributed by atoms with van der Waals surface area (Å²) in [7, 11) is 0. The lowest BCUT2D eigenvalue weighted by Gasteiger charge is -2.38. The first kappa shape index (κ1) is 21.6. The lowest BCUT2D eigenvalue weighted by molar-refractivity contribution is -0.139. The van der Waals surface area contributed by atoms with Gasteiger partial charge in [0.05, 0.1) is 0 Å². The van der Waals surface area contributed by atoms with Crippen molar-refractivity contribution in [1.82, 2.24) is 10.2 Å². The van der Waals surface area contributed by atoms with E-state index in [1.165, 1.54) is 12.1 Å². The fraction of sp³-hybridized carbons (Fsp3) is 0.652. The molecule has 29 heavy (non-hydrogen) atoms. The predicted molar refractivity (Wildman–Crippen MR) is 113 cm³/mol. The highest BCUT2D eigenvalue weighted by Gasteiger charge is 2.33. The summed E-state index contributed by atoms with van der Waals surface area (Å²) in [5, 5.41) is 3.06. The summed E-state index contributed by atoms with van der Waals surface area (Å²) in [6.07, 6.45) is 4.01. The molecule has 3 rings (SSSR count). The fourth-order valence-corrected chi connectivity index (χ4v) is 4.34. The van der Waals surface area contributed by atoms with Gasteiger partial charge >= 0.3 is 0 Å². The molecule has 1 aliphatic heterocycles. The molecule has 0 aromatic heterocycles. The van der Waals surface area contributed by atoms with Crippen LogP contribution in [0.3, 0.4) is 0 Å². The van der Waals surface area contributed by atoms with Gasteiger partial charge in [0.15, 0.2) is 0 Å². The van der Waals surface area contributed by atoms with Gasteiger partial charge in [0.25, 0.3) is 0 Å². The molecule has 2 aliphatic rings. The van der Waals surface area contributed by atoms with Crippen LogP contribution in [-0.4, -0.2) is 48.9 Å². The predicted octanol–water partition coefficient (Wildman–Crippen LogP) is 3.44. The minimum absolute atomic E-state index is 0.0104. The van der Waals surface area contributed by atoms with Crippen LogP contribution in [-0.2, 0) is 9.59 Å². The highest BCUT2D eigenvalue weighted by molar-refractivity contribution is 5.89. The second kappa shape index (κ2) is 9.59. The number of nitrogens with one attached hydrogen (secondary N) is 1. The van der Waals surface area contributed by atoms with Gasteiger partial charge in [0.2, 0.25) is 11.8 Å². The average Bonchev–Trinajstić information content (AvgIpc) is 2.72. The molecule has 1 saturated carbocycles. The van der Waals surface area contributed by atoms with E-state index in [2.05, 4.69) is 17.1 Å². The van der Waals surface area contributed by atoms with Crippen molar-refractivity contribution in [2.24, 2.45) is 17.8 Å². The Hall–Kier alpha value is -2.11. The van der Waals surface area contributed by atoms with Gasteiger partial charge in [0.1, 0.15) is 11.9 Å². The van der Waals surface area contributed by atoms with Crippen LogP contribution in [0.25, 0.3) is 0 Å². The summed E-state index contributed by atoms with van der Waals surface area (Å²) in [6.45, 7) is 8.83. The van der Waals surface area contributed by atoms with E-state index < -0.39 is 6.04 Å². The standard InChI is InChI=1S/C23H34FN3O2/c1-16(2)21(25-22(28)18-6-4-17(3)5-7-18)23(29)27-14-12-26(13-15-27)20-10-8-19(24)9-11-20/h8-11,16-18,21H,4-7,12-15H2,1-3H3,(H,25,28)/t17?,18?,21-/m1/s1. The number of benzene rings is 1. The number of carbonyl (C=O) groups is 2. The molecule has 160 valence electrons. The van der Waals surface area contributed by atoms with Crippen LogP contribution in [0.15, 0.2) is 24.3 Å². The average molecular weight is 404 g/mol. The summed E-state index contributed by atoms with van der Waals surface area (Å²) in [4.78, 5) is 29.9. The second-order valence-corrected chi connectivity index (χ2v) is 8.98. The van der Waals surface area contributed by atoms with Crippen molar-refractivity contribution in [2.75, 3.05) is 31.1 Å². The Morgan fingerprint density at radius 1 is 1.00 bits per heavy atom. The number of anilines is 1. The van der Waals surface area contributed by atoms with Crippen LogP contribution < -0.4 is 10.2 Å². The van der Waals surface area contributed by atoms with E-state index in [4.69, 9.17) is 0 Å². The van der Waals surface area contributed by atoms with Gasteiger partial charge in [-0.3, -0.25) is 9.59 Å². The SMILES string of the molecule is CC1CCC(C(=O)N[C@@H](C(=O)N2CCN(c3ccc(F)cc3)CC2)C(C)C)CC1. The van der Waals surface area contributed by atoms with Gasteiger partial charge in [-0.1, -0.05) is 20.8 Å². The number of piperazine rings is 1. The zero-order valence-corrected chi connectivity index (χ0v) is 17.9. The van der Waals surface area contributed by atoms with E-state index in [9.17, 15) is 14.0 Å². The Bertz CT molecular complexity index is 691. The molecule has 2 fully saturated rings. The number of hydrogen-bond donors (Lipinski definition) is 1. The first-order valence-electron chi connectivity index (χ1n) is 10.9. The van der Waals surface area contributed by atoms with E-state index in [0.717, 1.165) is 31.4 Å². The lowest BCUT2D eigenvalue weighted by atomic mass is 9.82. The van der Waals surface area contributed by atoms with Crippen molar-refractivity contribution < 1.29 is 14.0 Å². The van der Waals surface area contributed by atoms with Gasteiger partial charge in [-0.2, -0.15) is 0 Å². The molecule has 0 radical (unpaired) electrons. The minimum Gasteiger partial charge on any atom is -0.368 e. The molecule has 1 N–H and O–H groups in total. The van der Waals surface area contributed by atoms with Gasteiger partial charge in [-0.15, -0.1) is 0 Å². The van der Waals surface area contributed by atoms with Crippen LogP contribution >= 0.6 is 0 Å². The van der Waals surface area contributed by atoms with E-state index in [1.807, 2.05) is 18.7 Å². The molecule has 1 heterocycles. The maximum atomic E-state index is 13.1. The molecular formula is C23H34FN3O2. The normalized spacial score (nSPS) is 23.8. The van der Waals surface area contributed by atoms with Crippen LogP contribution in [0, 0.1) is 23.6 Å². The van der Waals surface area contributed by atoms with Crippen molar-refractivity contribution >= 4 is 17.5 Å². The van der Waals surface area contributed by atoms with Crippen molar-refractivity contribution in [3.63, 3.8) is 0 Å². The lowest BCUT2D eigenvalue weighted by Crippen LogP contribution is -2.57. The molecule has 1 aromatic carbocycles. The van der Waals surface area contributed by atoms with Crippen LogP contribution in [0.1, 0.15) is 46.5 Å². The first-order valence-corrected chi connectivity index (χ1v) is 10.9. The third-order valence-electron chi connectivity index (χ3n) is 6.40. The number of halogens is 1. The fourth-order valence-electron chi connectivity index (χ4n) is 4.34. The Morgan fingerprint density at radius 2 is 1.59 bits per heavy atom. The van der Waals surface area contributed by atoms with Crippen LogP contribution in [0.4, 0.5) is 10.1 Å². The molecule has 0 bridgehead atoms. The number of hydrogen-bond acceptors (Lipinski definition) is 3. The highest BCUT2D eigenvalue weighted by atomic mass is 19.1.